The Bertz CT molecular complexity index is 1480. The minimum atomic E-state index is -0.857. The fourth-order valence-corrected chi connectivity index (χ4v) is 7.42. The third-order valence-electron chi connectivity index (χ3n) is 6.07. The molecule has 162 valence electrons. The van der Waals surface area contributed by atoms with Crippen molar-refractivity contribution in [1.82, 2.24) is 29.1 Å². The first kappa shape index (κ1) is 19.7. The molecule has 5 aromatic heterocycles. The predicted molar refractivity (Wildman–Crippen MR) is 129 cm³/mol. The van der Waals surface area contributed by atoms with E-state index in [-0.39, 0.29) is 0 Å². The quantitative estimate of drug-likeness (QED) is 0.384. The molecule has 8 nitrogen and oxygen atoms in total. The summed E-state index contributed by atoms with van der Waals surface area (Å²) in [6, 6.07) is 2.05. The van der Waals surface area contributed by atoms with Gasteiger partial charge in [-0.1, -0.05) is 11.3 Å². The zero-order chi connectivity index (χ0) is 22.0. The molecule has 0 aromatic carbocycles. The fraction of sp³-hybridized carbons (Fsp3) is 0.273. The molecule has 6 rings (SSSR count). The van der Waals surface area contributed by atoms with E-state index in [9.17, 15) is 4.55 Å². The number of thiophene rings is 1. The highest BCUT2D eigenvalue weighted by Crippen LogP contribution is 2.46. The van der Waals surface area contributed by atoms with Crippen molar-refractivity contribution in [3.63, 3.8) is 0 Å². The van der Waals surface area contributed by atoms with Crippen LogP contribution in [-0.2, 0) is 18.2 Å². The van der Waals surface area contributed by atoms with Crippen LogP contribution in [0.2, 0.25) is 0 Å². The Balaban J connectivity index is 1.60. The molecule has 5 heterocycles. The van der Waals surface area contributed by atoms with Crippen molar-refractivity contribution in [1.29, 1.82) is 0 Å². The minimum absolute atomic E-state index is 0.307. The molecule has 0 aliphatic heterocycles. The van der Waals surface area contributed by atoms with Crippen molar-refractivity contribution in [2.45, 2.75) is 35.6 Å². The van der Waals surface area contributed by atoms with E-state index < -0.39 is 11.2 Å². The number of pyridine rings is 1. The number of nitrogens with zero attached hydrogens (tertiary/aromatic N) is 6. The number of aromatic nitrogens is 6. The Morgan fingerprint density at radius 3 is 2.78 bits per heavy atom. The second-order valence-corrected chi connectivity index (χ2v) is 11.1. The minimum Gasteiger partial charge on any atom is -0.393 e. The third-order valence-corrected chi connectivity index (χ3v) is 9.43. The molecule has 3 N–H and O–H groups in total. The van der Waals surface area contributed by atoms with Gasteiger partial charge in [-0.25, -0.2) is 15.0 Å². The van der Waals surface area contributed by atoms with E-state index in [1.54, 1.807) is 12.4 Å². The van der Waals surface area contributed by atoms with Gasteiger partial charge in [0, 0.05) is 54.5 Å². The van der Waals surface area contributed by atoms with Gasteiger partial charge in [-0.15, -0.1) is 0 Å². The first-order chi connectivity index (χ1) is 15.5. The largest absolute Gasteiger partial charge is 0.393 e. The number of nitrogens with two attached hydrogens (primary N) is 1. The van der Waals surface area contributed by atoms with E-state index >= 15 is 0 Å². The van der Waals surface area contributed by atoms with Gasteiger partial charge in [0.25, 0.3) is 4.21 Å². The van der Waals surface area contributed by atoms with Crippen LogP contribution in [0.3, 0.4) is 0 Å². The summed E-state index contributed by atoms with van der Waals surface area (Å²) in [6.07, 6.45) is 12.6. The lowest BCUT2D eigenvalue weighted by molar-refractivity contribution is 0.487. The molecule has 32 heavy (non-hydrogen) atoms. The van der Waals surface area contributed by atoms with Gasteiger partial charge in [-0.2, -0.15) is 9.65 Å². The van der Waals surface area contributed by atoms with Crippen LogP contribution in [0.5, 0.6) is 0 Å². The smallest absolute Gasteiger partial charge is 0.269 e. The van der Waals surface area contributed by atoms with Crippen LogP contribution in [-0.4, -0.2) is 38.9 Å². The molecule has 0 bridgehead atoms. The first-order valence-electron chi connectivity index (χ1n) is 10.4. The van der Waals surface area contributed by atoms with E-state index in [2.05, 4.69) is 21.1 Å². The zero-order valence-electron chi connectivity index (χ0n) is 17.7. The van der Waals surface area contributed by atoms with E-state index in [0.29, 0.717) is 16.7 Å². The summed E-state index contributed by atoms with van der Waals surface area (Å²) < 4.78 is 15.6. The third kappa shape index (κ3) is 3.01. The number of aryl methyl sites for hydroxylation is 2. The Hall–Kier alpha value is -2.95. The van der Waals surface area contributed by atoms with E-state index in [4.69, 9.17) is 10.7 Å². The number of nitrogen functional groups attached to an aromatic ring is 1. The Labute approximate surface area is 191 Å². The highest BCUT2D eigenvalue weighted by Gasteiger charge is 2.41. The van der Waals surface area contributed by atoms with Crippen LogP contribution >= 0.6 is 11.3 Å². The van der Waals surface area contributed by atoms with Gasteiger partial charge in [-0.3, -0.25) is 9.08 Å². The maximum Gasteiger partial charge on any atom is 0.269 e. The average molecular weight is 465 g/mol. The topological polar surface area (TPSA) is 107 Å². The lowest BCUT2D eigenvalue weighted by atomic mass is 10.00. The number of hydrogen-bond acceptors (Lipinski definition) is 7. The van der Waals surface area contributed by atoms with Gasteiger partial charge in [0.05, 0.1) is 11.4 Å². The zero-order valence-corrected chi connectivity index (χ0v) is 19.3. The Kier molecular flexibility index (Phi) is 4.49. The summed E-state index contributed by atoms with van der Waals surface area (Å²) in [4.78, 5) is 14.5. The molecule has 1 fully saturated rings. The molecule has 0 amide bonds. The molecule has 1 atom stereocenters. The van der Waals surface area contributed by atoms with Crippen molar-refractivity contribution in [2.24, 2.45) is 7.05 Å². The summed E-state index contributed by atoms with van der Waals surface area (Å²) in [6.45, 7) is 1.99. The summed E-state index contributed by atoms with van der Waals surface area (Å²) >= 11 is 0.648. The van der Waals surface area contributed by atoms with Crippen LogP contribution in [0.4, 0.5) is 5.69 Å². The van der Waals surface area contributed by atoms with Crippen LogP contribution in [0, 0.1) is 6.92 Å². The number of imidazole rings is 1. The molecule has 5 aromatic rings. The van der Waals surface area contributed by atoms with Gasteiger partial charge >= 0.3 is 0 Å². The highest BCUT2D eigenvalue weighted by atomic mass is 32.2. The van der Waals surface area contributed by atoms with Gasteiger partial charge in [-0.05, 0) is 37.8 Å². The lowest BCUT2D eigenvalue weighted by Gasteiger charge is -2.19. The average Bonchev–Trinajstić information content (AvgIpc) is 3.42. The molecule has 1 unspecified atom stereocenters. The van der Waals surface area contributed by atoms with Crippen molar-refractivity contribution in [2.75, 3.05) is 5.73 Å². The standard InChI is InChI=1S/C22H22N7OS2/c1-12-16(11-28(2)27-12)15-8-17(13-9-25-22-24-6-7-29(22)10-13)26-20-18(15)19(23)21(31-20)32(30)14-4-3-5-14/h6-11,14,30H,3-5,23H2,1-2H3/q+1. The first-order valence-corrected chi connectivity index (χ1v) is 12.5. The fourth-order valence-electron chi connectivity index (χ4n) is 4.17. The molecular formula is C22H22N7OS2+. The predicted octanol–water partition coefficient (Wildman–Crippen LogP) is 4.30. The Morgan fingerprint density at radius 1 is 1.22 bits per heavy atom. The Morgan fingerprint density at radius 2 is 2.06 bits per heavy atom. The molecule has 0 radical (unpaired) electrons. The molecular weight excluding hydrogens is 442 g/mol. The van der Waals surface area contributed by atoms with Crippen molar-refractivity contribution >= 4 is 44.2 Å². The second-order valence-electron chi connectivity index (χ2n) is 8.18. The summed E-state index contributed by atoms with van der Waals surface area (Å²) in [5.74, 6) is 0.644. The van der Waals surface area contributed by atoms with Crippen molar-refractivity contribution in [3.8, 4) is 22.4 Å². The second kappa shape index (κ2) is 7.29. The molecule has 1 saturated carbocycles. The van der Waals surface area contributed by atoms with Crippen LogP contribution in [0.15, 0.2) is 41.3 Å². The lowest BCUT2D eigenvalue weighted by Crippen LogP contribution is -2.28. The van der Waals surface area contributed by atoms with E-state index in [0.717, 1.165) is 55.3 Å². The highest BCUT2D eigenvalue weighted by molar-refractivity contribution is 7.94. The summed E-state index contributed by atoms with van der Waals surface area (Å²) in [7, 11) is 1.91. The van der Waals surface area contributed by atoms with Crippen LogP contribution in [0.1, 0.15) is 25.0 Å². The van der Waals surface area contributed by atoms with Gasteiger partial charge in [0.2, 0.25) is 5.78 Å². The number of hydrogen-bond donors (Lipinski definition) is 2. The van der Waals surface area contributed by atoms with Crippen LogP contribution < -0.4 is 5.73 Å². The van der Waals surface area contributed by atoms with Gasteiger partial charge in [0.15, 0.2) is 16.4 Å². The molecule has 0 saturated heterocycles. The molecule has 1 aliphatic rings. The number of rotatable bonds is 4. The monoisotopic (exact) mass is 464 g/mol. The van der Waals surface area contributed by atoms with E-state index in [1.807, 2.05) is 41.6 Å². The van der Waals surface area contributed by atoms with Crippen LogP contribution in [0.25, 0.3) is 38.4 Å². The number of anilines is 1. The normalized spacial score (nSPS) is 15.5. The molecule has 1 aliphatic carbocycles. The number of fused-ring (bicyclic) bond motifs is 2. The maximum absolute atomic E-state index is 11.0. The SMILES string of the molecule is Cc1nn(C)cc1-c1cc(-c2cnc3nccn3c2)nc2sc([S+](O)C3CCC3)c(N)c12. The van der Waals surface area contributed by atoms with Crippen molar-refractivity contribution in [3.05, 3.63) is 42.7 Å². The summed E-state index contributed by atoms with van der Waals surface area (Å²) in [5, 5.41) is 5.74. The van der Waals surface area contributed by atoms with Crippen molar-refractivity contribution < 1.29 is 4.55 Å². The molecule has 0 spiro atoms. The van der Waals surface area contributed by atoms with E-state index in [1.165, 1.54) is 17.8 Å². The molecule has 10 heteroatoms. The summed E-state index contributed by atoms with van der Waals surface area (Å²) in [5.41, 5.74) is 11.9. The van der Waals surface area contributed by atoms with Gasteiger partial charge < -0.3 is 5.73 Å². The maximum atomic E-state index is 11.0. The van der Waals surface area contributed by atoms with Gasteiger partial charge in [0.1, 0.15) is 10.5 Å².